The quantitative estimate of drug-likeness (QED) is 0.804. The van der Waals surface area contributed by atoms with Gasteiger partial charge in [0.05, 0.1) is 18.0 Å². The van der Waals surface area contributed by atoms with Crippen LogP contribution >= 0.6 is 0 Å². The fraction of sp³-hybridized carbons (Fsp3) is 0.400. The molecule has 1 aliphatic carbocycles. The maximum absolute atomic E-state index is 11.7. The summed E-state index contributed by atoms with van der Waals surface area (Å²) in [6.07, 6.45) is 1.23. The standard InChI is InChI=1S/C15H18N2O2/c1-10-4-2-3-5-11(10)8-17-14-13(16)12(18)6-7-15(14)9-19-15/h2-5,17H,6-9,16H2,1H3. The van der Waals surface area contributed by atoms with Crippen LogP contribution in [0.5, 0.6) is 0 Å². The highest BCUT2D eigenvalue weighted by Gasteiger charge is 2.52. The van der Waals surface area contributed by atoms with E-state index < -0.39 is 0 Å². The van der Waals surface area contributed by atoms with Crippen molar-refractivity contribution in [1.82, 2.24) is 5.32 Å². The summed E-state index contributed by atoms with van der Waals surface area (Å²) in [6, 6.07) is 8.17. The molecule has 4 heteroatoms. The molecule has 1 saturated heterocycles. The Morgan fingerprint density at radius 2 is 2.16 bits per heavy atom. The number of benzene rings is 1. The largest absolute Gasteiger partial charge is 0.394 e. The van der Waals surface area contributed by atoms with Crippen molar-refractivity contribution in [3.05, 3.63) is 46.8 Å². The van der Waals surface area contributed by atoms with Crippen molar-refractivity contribution in [1.29, 1.82) is 0 Å². The van der Waals surface area contributed by atoms with Gasteiger partial charge >= 0.3 is 0 Å². The first-order valence-corrected chi connectivity index (χ1v) is 6.58. The van der Waals surface area contributed by atoms with Gasteiger partial charge in [-0.3, -0.25) is 4.79 Å². The van der Waals surface area contributed by atoms with Gasteiger partial charge in [-0.2, -0.15) is 0 Å². The molecule has 0 saturated carbocycles. The zero-order chi connectivity index (χ0) is 13.5. The molecule has 100 valence electrons. The second kappa shape index (κ2) is 4.38. The monoisotopic (exact) mass is 258 g/mol. The number of rotatable bonds is 3. The lowest BCUT2D eigenvalue weighted by molar-refractivity contribution is -0.116. The number of nitrogens with two attached hydrogens (primary N) is 1. The normalized spacial score (nSPS) is 25.8. The number of carbonyl (C=O) groups is 1. The van der Waals surface area contributed by atoms with E-state index in [1.54, 1.807) is 0 Å². The number of aryl methyl sites for hydroxylation is 1. The fourth-order valence-electron chi connectivity index (χ4n) is 2.58. The minimum absolute atomic E-state index is 0.0217. The highest BCUT2D eigenvalue weighted by atomic mass is 16.6. The summed E-state index contributed by atoms with van der Waals surface area (Å²) in [4.78, 5) is 11.7. The van der Waals surface area contributed by atoms with Crippen LogP contribution in [-0.4, -0.2) is 18.0 Å². The number of ether oxygens (including phenoxy) is 1. The SMILES string of the molecule is Cc1ccccc1CNC1=C(N)C(=O)CCC12CO2. The lowest BCUT2D eigenvalue weighted by atomic mass is 9.89. The molecule has 0 aromatic heterocycles. The molecule has 1 spiro atoms. The Morgan fingerprint density at radius 3 is 2.84 bits per heavy atom. The third kappa shape index (κ3) is 2.12. The Kier molecular flexibility index (Phi) is 2.82. The molecule has 2 aliphatic rings. The van der Waals surface area contributed by atoms with Gasteiger partial charge in [0.2, 0.25) is 0 Å². The molecule has 0 radical (unpaired) electrons. The van der Waals surface area contributed by atoms with Crippen LogP contribution in [0.25, 0.3) is 0 Å². The van der Waals surface area contributed by atoms with Crippen LogP contribution in [0.4, 0.5) is 0 Å². The average molecular weight is 258 g/mol. The molecule has 1 atom stereocenters. The van der Waals surface area contributed by atoms with E-state index in [2.05, 4.69) is 24.4 Å². The minimum Gasteiger partial charge on any atom is -0.394 e. The molecule has 1 aromatic carbocycles. The first kappa shape index (κ1) is 12.2. The van der Waals surface area contributed by atoms with E-state index in [4.69, 9.17) is 10.5 Å². The summed E-state index contributed by atoms with van der Waals surface area (Å²) in [5, 5.41) is 3.32. The number of ketones is 1. The van der Waals surface area contributed by atoms with E-state index in [0.29, 0.717) is 25.3 Å². The van der Waals surface area contributed by atoms with Crippen molar-refractivity contribution in [3.63, 3.8) is 0 Å². The molecule has 1 aliphatic heterocycles. The van der Waals surface area contributed by atoms with E-state index in [1.165, 1.54) is 11.1 Å². The van der Waals surface area contributed by atoms with Crippen molar-refractivity contribution in [3.8, 4) is 0 Å². The van der Waals surface area contributed by atoms with E-state index in [9.17, 15) is 4.79 Å². The summed E-state index contributed by atoms with van der Waals surface area (Å²) >= 11 is 0. The number of carbonyl (C=O) groups excluding carboxylic acids is 1. The first-order chi connectivity index (χ1) is 9.12. The van der Waals surface area contributed by atoms with E-state index >= 15 is 0 Å². The Labute approximate surface area is 112 Å². The summed E-state index contributed by atoms with van der Waals surface area (Å²) in [6.45, 7) is 3.41. The Bertz CT molecular complexity index is 559. The maximum Gasteiger partial charge on any atom is 0.180 e. The highest BCUT2D eigenvalue weighted by molar-refractivity contribution is 5.96. The molecule has 19 heavy (non-hydrogen) atoms. The molecule has 1 heterocycles. The molecule has 3 N–H and O–H groups in total. The predicted octanol–water partition coefficient (Wildman–Crippen LogP) is 1.39. The highest BCUT2D eigenvalue weighted by Crippen LogP contribution is 2.42. The van der Waals surface area contributed by atoms with Gasteiger partial charge < -0.3 is 15.8 Å². The second-order valence-corrected chi connectivity index (χ2v) is 5.27. The Hall–Kier alpha value is -1.81. The molecule has 1 unspecified atom stereocenters. The number of Topliss-reactive ketones (excluding diaryl/α,β-unsaturated/α-hetero) is 1. The third-order valence-electron chi connectivity index (χ3n) is 3.99. The average Bonchev–Trinajstić information content (AvgIpc) is 3.17. The molecule has 3 rings (SSSR count). The molecular formula is C15H18N2O2. The zero-order valence-corrected chi connectivity index (χ0v) is 11.0. The topological polar surface area (TPSA) is 67.6 Å². The van der Waals surface area contributed by atoms with Crippen LogP contribution in [0.15, 0.2) is 35.7 Å². The van der Waals surface area contributed by atoms with E-state index in [1.807, 2.05) is 12.1 Å². The van der Waals surface area contributed by atoms with Crippen LogP contribution in [0.2, 0.25) is 0 Å². The van der Waals surface area contributed by atoms with Crippen LogP contribution in [-0.2, 0) is 16.1 Å². The number of allylic oxidation sites excluding steroid dienone is 1. The summed E-state index contributed by atoms with van der Waals surface area (Å²) < 4.78 is 5.53. The minimum atomic E-state index is -0.305. The van der Waals surface area contributed by atoms with Gasteiger partial charge in [-0.1, -0.05) is 24.3 Å². The van der Waals surface area contributed by atoms with Crippen LogP contribution in [0.3, 0.4) is 0 Å². The second-order valence-electron chi connectivity index (χ2n) is 5.27. The van der Waals surface area contributed by atoms with Crippen molar-refractivity contribution in [2.45, 2.75) is 31.9 Å². The zero-order valence-electron chi connectivity index (χ0n) is 11.0. The van der Waals surface area contributed by atoms with Gasteiger partial charge in [-0.05, 0) is 24.5 Å². The summed E-state index contributed by atoms with van der Waals surface area (Å²) in [5.74, 6) is 0.0217. The molecule has 4 nitrogen and oxygen atoms in total. The lowest BCUT2D eigenvalue weighted by Gasteiger charge is -2.24. The van der Waals surface area contributed by atoms with Gasteiger partial charge in [0, 0.05) is 13.0 Å². The summed E-state index contributed by atoms with van der Waals surface area (Å²) in [7, 11) is 0. The van der Waals surface area contributed by atoms with Crippen molar-refractivity contribution < 1.29 is 9.53 Å². The van der Waals surface area contributed by atoms with Gasteiger partial charge in [0.25, 0.3) is 0 Å². The van der Waals surface area contributed by atoms with Gasteiger partial charge in [-0.15, -0.1) is 0 Å². The fourth-order valence-corrected chi connectivity index (χ4v) is 2.58. The van der Waals surface area contributed by atoms with E-state index in [0.717, 1.165) is 12.1 Å². The predicted molar refractivity (Wildman–Crippen MR) is 72.2 cm³/mol. The number of nitrogens with one attached hydrogen (secondary N) is 1. The molecule has 0 amide bonds. The van der Waals surface area contributed by atoms with Crippen LogP contribution < -0.4 is 11.1 Å². The number of hydrogen-bond donors (Lipinski definition) is 2. The summed E-state index contributed by atoms with van der Waals surface area (Å²) in [5.41, 5.74) is 9.18. The van der Waals surface area contributed by atoms with E-state index in [-0.39, 0.29) is 11.4 Å². The lowest BCUT2D eigenvalue weighted by Crippen LogP contribution is -2.37. The van der Waals surface area contributed by atoms with Crippen LogP contribution in [0, 0.1) is 6.92 Å². The maximum atomic E-state index is 11.7. The number of hydrogen-bond acceptors (Lipinski definition) is 4. The molecular weight excluding hydrogens is 240 g/mol. The van der Waals surface area contributed by atoms with Crippen molar-refractivity contribution in [2.75, 3.05) is 6.61 Å². The molecule has 1 fully saturated rings. The van der Waals surface area contributed by atoms with Gasteiger partial charge in [0.15, 0.2) is 5.78 Å². The number of epoxide rings is 1. The first-order valence-electron chi connectivity index (χ1n) is 6.58. The molecule has 1 aromatic rings. The smallest absolute Gasteiger partial charge is 0.180 e. The molecule has 0 bridgehead atoms. The van der Waals surface area contributed by atoms with Gasteiger partial charge in [0.1, 0.15) is 5.60 Å². The van der Waals surface area contributed by atoms with Crippen LogP contribution in [0.1, 0.15) is 24.0 Å². The Morgan fingerprint density at radius 1 is 1.42 bits per heavy atom. The Balaban J connectivity index is 1.80. The van der Waals surface area contributed by atoms with Crippen molar-refractivity contribution in [2.24, 2.45) is 5.73 Å². The van der Waals surface area contributed by atoms with Gasteiger partial charge in [-0.25, -0.2) is 0 Å². The third-order valence-corrected chi connectivity index (χ3v) is 3.99. The van der Waals surface area contributed by atoms with Crippen molar-refractivity contribution >= 4 is 5.78 Å².